The van der Waals surface area contributed by atoms with Crippen LogP contribution in [0.3, 0.4) is 0 Å². The molecule has 1 aromatic rings. The second-order valence-corrected chi connectivity index (χ2v) is 6.54. The minimum Gasteiger partial charge on any atom is -0.482 e. The van der Waals surface area contributed by atoms with Crippen LogP contribution < -0.4 is 15.4 Å². The summed E-state index contributed by atoms with van der Waals surface area (Å²) in [4.78, 5) is 34.7. The van der Waals surface area contributed by atoms with Gasteiger partial charge in [-0.25, -0.2) is 0 Å². The number of carbonyl (C=O) groups excluding carboxylic acids is 2. The average molecular weight is 383 g/mol. The fourth-order valence-corrected chi connectivity index (χ4v) is 3.40. The Morgan fingerprint density at radius 2 is 2.13 bits per heavy atom. The highest BCUT2D eigenvalue weighted by atomic mass is 79.9. The number of halogens is 1. The van der Waals surface area contributed by atoms with Gasteiger partial charge in [-0.05, 0) is 47.3 Å². The van der Waals surface area contributed by atoms with Crippen molar-refractivity contribution in [3.8, 4) is 5.75 Å². The zero-order valence-corrected chi connectivity index (χ0v) is 13.7. The highest BCUT2D eigenvalue weighted by molar-refractivity contribution is 9.10. The molecule has 2 aliphatic rings. The van der Waals surface area contributed by atoms with Crippen molar-refractivity contribution >= 4 is 39.4 Å². The maximum absolute atomic E-state index is 12.4. The Labute approximate surface area is 140 Å². The van der Waals surface area contributed by atoms with Crippen molar-refractivity contribution in [2.45, 2.75) is 25.3 Å². The Balaban J connectivity index is 1.73. The molecule has 1 heterocycles. The Morgan fingerprint density at radius 3 is 2.83 bits per heavy atom. The second kappa shape index (κ2) is 6.19. The van der Waals surface area contributed by atoms with Gasteiger partial charge in [0.1, 0.15) is 5.75 Å². The molecule has 0 spiro atoms. The molecule has 1 aromatic carbocycles. The van der Waals surface area contributed by atoms with Gasteiger partial charge in [-0.3, -0.25) is 14.4 Å². The van der Waals surface area contributed by atoms with Crippen molar-refractivity contribution in [3.63, 3.8) is 0 Å². The van der Waals surface area contributed by atoms with Gasteiger partial charge in [-0.2, -0.15) is 0 Å². The largest absolute Gasteiger partial charge is 0.482 e. The molecule has 1 aliphatic heterocycles. The molecule has 0 aromatic heterocycles. The number of amides is 2. The van der Waals surface area contributed by atoms with Crippen molar-refractivity contribution in [1.82, 2.24) is 5.32 Å². The fourth-order valence-electron chi connectivity index (χ4n) is 2.87. The first kappa shape index (κ1) is 15.8. The lowest BCUT2D eigenvalue weighted by molar-refractivity contribution is -0.141. The topological polar surface area (TPSA) is 105 Å². The number of benzene rings is 1. The van der Waals surface area contributed by atoms with E-state index in [1.807, 2.05) is 0 Å². The van der Waals surface area contributed by atoms with Gasteiger partial charge in [0.05, 0.1) is 17.2 Å². The van der Waals surface area contributed by atoms with E-state index in [9.17, 15) is 14.4 Å². The first-order valence-corrected chi connectivity index (χ1v) is 8.03. The Bertz CT molecular complexity index is 691. The summed E-state index contributed by atoms with van der Waals surface area (Å²) in [5, 5.41) is 14.5. The zero-order chi connectivity index (χ0) is 16.6. The van der Waals surface area contributed by atoms with Crippen molar-refractivity contribution in [2.24, 2.45) is 5.92 Å². The number of fused-ring (bicyclic) bond motifs is 1. The molecule has 23 heavy (non-hydrogen) atoms. The van der Waals surface area contributed by atoms with E-state index in [-0.39, 0.29) is 24.5 Å². The SMILES string of the molecule is O=C1COc2cc(C(=O)N[C@H]3CC[C@@H](C(=O)O)C3)c(Br)cc2N1. The Kier molecular flexibility index (Phi) is 4.25. The number of nitrogens with one attached hydrogen (secondary N) is 2. The van der Waals surface area contributed by atoms with Gasteiger partial charge >= 0.3 is 5.97 Å². The number of hydrogen-bond acceptors (Lipinski definition) is 4. The summed E-state index contributed by atoms with van der Waals surface area (Å²) in [6.07, 6.45) is 1.66. The first-order chi connectivity index (χ1) is 10.9. The fraction of sp³-hybridized carbons (Fsp3) is 0.400. The Morgan fingerprint density at radius 1 is 1.35 bits per heavy atom. The average Bonchev–Trinajstić information content (AvgIpc) is 2.95. The van der Waals surface area contributed by atoms with E-state index in [2.05, 4.69) is 26.6 Å². The number of rotatable bonds is 3. The summed E-state index contributed by atoms with van der Waals surface area (Å²) < 4.78 is 5.84. The van der Waals surface area contributed by atoms with Gasteiger partial charge in [0, 0.05) is 10.5 Å². The lowest BCUT2D eigenvalue weighted by Crippen LogP contribution is -2.34. The smallest absolute Gasteiger partial charge is 0.306 e. The van der Waals surface area contributed by atoms with Gasteiger partial charge < -0.3 is 20.5 Å². The van der Waals surface area contributed by atoms with Crippen molar-refractivity contribution in [2.75, 3.05) is 11.9 Å². The number of carboxylic acid groups (broad SMARTS) is 1. The predicted octanol–water partition coefficient (Wildman–Crippen LogP) is 1.76. The molecule has 3 N–H and O–H groups in total. The van der Waals surface area contributed by atoms with Crippen LogP contribution in [0.15, 0.2) is 16.6 Å². The molecule has 2 atom stereocenters. The van der Waals surface area contributed by atoms with Crippen LogP contribution >= 0.6 is 15.9 Å². The van der Waals surface area contributed by atoms with E-state index in [1.54, 1.807) is 12.1 Å². The molecule has 3 rings (SSSR count). The van der Waals surface area contributed by atoms with Gasteiger partial charge in [-0.1, -0.05) is 0 Å². The molecule has 0 radical (unpaired) electrons. The van der Waals surface area contributed by atoms with Gasteiger partial charge in [-0.15, -0.1) is 0 Å². The molecule has 7 nitrogen and oxygen atoms in total. The molecule has 0 saturated heterocycles. The highest BCUT2D eigenvalue weighted by Gasteiger charge is 2.31. The summed E-state index contributed by atoms with van der Waals surface area (Å²) in [7, 11) is 0. The number of carbonyl (C=O) groups is 3. The van der Waals surface area contributed by atoms with Crippen molar-refractivity contribution < 1.29 is 24.2 Å². The second-order valence-electron chi connectivity index (χ2n) is 5.68. The number of carboxylic acids is 1. The van der Waals surface area contributed by atoms with Gasteiger partial charge in [0.2, 0.25) is 0 Å². The van der Waals surface area contributed by atoms with E-state index in [1.165, 1.54) is 0 Å². The van der Waals surface area contributed by atoms with Crippen LogP contribution in [-0.4, -0.2) is 35.5 Å². The number of ether oxygens (including phenoxy) is 1. The molecule has 1 aliphatic carbocycles. The monoisotopic (exact) mass is 382 g/mol. The van der Waals surface area contributed by atoms with Crippen LogP contribution in [0.4, 0.5) is 5.69 Å². The lowest BCUT2D eigenvalue weighted by atomic mass is 10.1. The summed E-state index contributed by atoms with van der Waals surface area (Å²) >= 11 is 3.32. The maximum Gasteiger partial charge on any atom is 0.306 e. The molecule has 8 heteroatoms. The third-order valence-electron chi connectivity index (χ3n) is 4.06. The van der Waals surface area contributed by atoms with E-state index in [0.717, 1.165) is 0 Å². The van der Waals surface area contributed by atoms with Crippen LogP contribution in [0.1, 0.15) is 29.6 Å². The van der Waals surface area contributed by atoms with E-state index in [4.69, 9.17) is 9.84 Å². The molecule has 0 bridgehead atoms. The van der Waals surface area contributed by atoms with E-state index < -0.39 is 11.9 Å². The summed E-state index contributed by atoms with van der Waals surface area (Å²) in [5.41, 5.74) is 0.898. The summed E-state index contributed by atoms with van der Waals surface area (Å²) in [6, 6.07) is 3.04. The van der Waals surface area contributed by atoms with Crippen molar-refractivity contribution in [1.29, 1.82) is 0 Å². The van der Waals surface area contributed by atoms with Gasteiger partial charge in [0.15, 0.2) is 6.61 Å². The third kappa shape index (κ3) is 3.31. The molecule has 0 unspecified atom stereocenters. The quantitative estimate of drug-likeness (QED) is 0.738. The molecular weight excluding hydrogens is 368 g/mol. The maximum atomic E-state index is 12.4. The van der Waals surface area contributed by atoms with E-state index in [0.29, 0.717) is 40.7 Å². The van der Waals surface area contributed by atoms with Crippen LogP contribution in [-0.2, 0) is 9.59 Å². The lowest BCUT2D eigenvalue weighted by Gasteiger charge is -2.20. The summed E-state index contributed by atoms with van der Waals surface area (Å²) in [5.74, 6) is -1.32. The van der Waals surface area contributed by atoms with Crippen LogP contribution in [0.2, 0.25) is 0 Å². The molecule has 122 valence electrons. The van der Waals surface area contributed by atoms with Gasteiger partial charge in [0.25, 0.3) is 11.8 Å². The third-order valence-corrected chi connectivity index (χ3v) is 4.72. The molecule has 1 saturated carbocycles. The standard InChI is InChI=1S/C15H15BrN2O5/c16-10-5-11-12(23-6-13(19)18-11)4-9(10)14(20)17-8-2-1-7(3-8)15(21)22/h4-5,7-8H,1-3,6H2,(H,17,20)(H,18,19)(H,21,22)/t7-,8+/m1/s1. The zero-order valence-electron chi connectivity index (χ0n) is 12.1. The van der Waals surface area contributed by atoms with Crippen LogP contribution in [0.25, 0.3) is 0 Å². The molecule has 2 amide bonds. The normalized spacial score (nSPS) is 22.7. The number of anilines is 1. The van der Waals surface area contributed by atoms with Crippen LogP contribution in [0, 0.1) is 5.92 Å². The molecule has 1 fully saturated rings. The predicted molar refractivity (Wildman–Crippen MR) is 84.5 cm³/mol. The number of aliphatic carboxylic acids is 1. The van der Waals surface area contributed by atoms with E-state index >= 15 is 0 Å². The number of hydrogen-bond donors (Lipinski definition) is 3. The Hall–Kier alpha value is -2.09. The highest BCUT2D eigenvalue weighted by Crippen LogP contribution is 2.34. The first-order valence-electron chi connectivity index (χ1n) is 7.24. The molecular formula is C15H15BrN2O5. The summed E-state index contributed by atoms with van der Waals surface area (Å²) in [6.45, 7) is -0.0847. The van der Waals surface area contributed by atoms with Crippen molar-refractivity contribution in [3.05, 3.63) is 22.2 Å². The van der Waals surface area contributed by atoms with Crippen LogP contribution in [0.5, 0.6) is 5.75 Å². The minimum absolute atomic E-state index is 0.0847. The minimum atomic E-state index is -0.819.